The fourth-order valence-corrected chi connectivity index (χ4v) is 2.21. The highest BCUT2D eigenvalue weighted by atomic mass is 16.5. The molecule has 128 valence electrons. The summed E-state index contributed by atoms with van der Waals surface area (Å²) in [4.78, 5) is 12.4. The Labute approximate surface area is 142 Å². The molecule has 24 heavy (non-hydrogen) atoms. The lowest BCUT2D eigenvalue weighted by atomic mass is 10.2. The Kier molecular flexibility index (Phi) is 6.07. The average molecular weight is 329 g/mol. The fraction of sp³-hybridized carbons (Fsp3) is 0.316. The van der Waals surface area contributed by atoms with E-state index in [1.807, 2.05) is 24.3 Å². The molecule has 2 rings (SSSR count). The van der Waals surface area contributed by atoms with Gasteiger partial charge in [-0.3, -0.25) is 4.79 Å². The Morgan fingerprint density at radius 3 is 2.29 bits per heavy atom. The first-order valence-electron chi connectivity index (χ1n) is 7.85. The van der Waals surface area contributed by atoms with E-state index in [-0.39, 0.29) is 5.91 Å². The van der Waals surface area contributed by atoms with Gasteiger partial charge in [-0.25, -0.2) is 0 Å². The van der Waals surface area contributed by atoms with Gasteiger partial charge in [0.1, 0.15) is 17.2 Å². The number of hydrogen-bond acceptors (Lipinski definition) is 4. The Morgan fingerprint density at radius 1 is 1.04 bits per heavy atom. The van der Waals surface area contributed by atoms with Crippen molar-refractivity contribution < 1.29 is 19.0 Å². The molecule has 0 radical (unpaired) electrons. The first-order chi connectivity index (χ1) is 11.6. The fourth-order valence-electron chi connectivity index (χ4n) is 2.21. The molecule has 1 atom stereocenters. The maximum Gasteiger partial charge on any atom is 0.265 e. The van der Waals surface area contributed by atoms with E-state index < -0.39 is 6.10 Å². The van der Waals surface area contributed by atoms with Crippen LogP contribution >= 0.6 is 0 Å². The summed E-state index contributed by atoms with van der Waals surface area (Å²) in [6.45, 7) is 3.79. The van der Waals surface area contributed by atoms with Crippen LogP contribution in [0.5, 0.6) is 17.2 Å². The van der Waals surface area contributed by atoms with Crippen molar-refractivity contribution in [2.24, 2.45) is 0 Å². The van der Waals surface area contributed by atoms with Crippen molar-refractivity contribution in [1.29, 1.82) is 0 Å². The molecule has 0 aromatic heterocycles. The molecule has 0 unspecified atom stereocenters. The minimum Gasteiger partial charge on any atom is -0.497 e. The number of carbonyl (C=O) groups excluding carboxylic acids is 1. The molecule has 0 heterocycles. The van der Waals surface area contributed by atoms with Crippen molar-refractivity contribution in [3.05, 3.63) is 48.0 Å². The molecule has 0 spiro atoms. The highest BCUT2D eigenvalue weighted by Gasteiger charge is 2.17. The molecule has 0 aliphatic carbocycles. The number of hydrogen-bond donors (Lipinski definition) is 1. The second-order valence-electron chi connectivity index (χ2n) is 5.31. The third-order valence-corrected chi connectivity index (χ3v) is 3.68. The minimum absolute atomic E-state index is 0.263. The lowest BCUT2D eigenvalue weighted by Gasteiger charge is -2.17. The second-order valence-corrected chi connectivity index (χ2v) is 5.31. The van der Waals surface area contributed by atoms with Gasteiger partial charge < -0.3 is 19.5 Å². The smallest absolute Gasteiger partial charge is 0.265 e. The second kappa shape index (κ2) is 8.24. The van der Waals surface area contributed by atoms with Crippen LogP contribution in [-0.2, 0) is 11.2 Å². The Morgan fingerprint density at radius 2 is 1.71 bits per heavy atom. The van der Waals surface area contributed by atoms with Crippen molar-refractivity contribution in [3.8, 4) is 17.2 Å². The number of rotatable bonds is 7. The summed E-state index contributed by atoms with van der Waals surface area (Å²) in [5, 5.41) is 2.81. The van der Waals surface area contributed by atoms with Crippen LogP contribution in [0.4, 0.5) is 5.69 Å². The molecule has 5 nitrogen and oxygen atoms in total. The van der Waals surface area contributed by atoms with Crippen LogP contribution in [0.15, 0.2) is 42.5 Å². The summed E-state index contributed by atoms with van der Waals surface area (Å²) in [7, 11) is 3.12. The van der Waals surface area contributed by atoms with Gasteiger partial charge in [-0.1, -0.05) is 19.1 Å². The maximum atomic E-state index is 12.4. The number of carbonyl (C=O) groups is 1. The molecule has 1 amide bonds. The van der Waals surface area contributed by atoms with Gasteiger partial charge in [0.2, 0.25) is 0 Å². The van der Waals surface area contributed by atoms with E-state index >= 15 is 0 Å². The topological polar surface area (TPSA) is 56.8 Å². The van der Waals surface area contributed by atoms with Gasteiger partial charge in [0.05, 0.1) is 19.9 Å². The first kappa shape index (κ1) is 17.7. The van der Waals surface area contributed by atoms with Crippen molar-refractivity contribution in [2.75, 3.05) is 19.5 Å². The number of aryl methyl sites for hydroxylation is 1. The van der Waals surface area contributed by atoms with Gasteiger partial charge in [-0.15, -0.1) is 0 Å². The zero-order chi connectivity index (χ0) is 17.5. The van der Waals surface area contributed by atoms with Crippen LogP contribution in [0.1, 0.15) is 19.4 Å². The largest absolute Gasteiger partial charge is 0.497 e. The molecule has 2 aromatic carbocycles. The van der Waals surface area contributed by atoms with Crippen molar-refractivity contribution in [2.45, 2.75) is 26.4 Å². The summed E-state index contributed by atoms with van der Waals surface area (Å²) in [5.41, 5.74) is 1.76. The number of ether oxygens (including phenoxy) is 3. The van der Waals surface area contributed by atoms with Gasteiger partial charge in [0.15, 0.2) is 6.10 Å². The Bertz CT molecular complexity index is 682. The summed E-state index contributed by atoms with van der Waals surface area (Å²) < 4.78 is 16.1. The van der Waals surface area contributed by atoms with E-state index in [1.165, 1.54) is 5.56 Å². The molecule has 5 heteroatoms. The van der Waals surface area contributed by atoms with Gasteiger partial charge in [0, 0.05) is 6.07 Å². The zero-order valence-electron chi connectivity index (χ0n) is 14.5. The molecule has 0 aliphatic rings. The highest BCUT2D eigenvalue weighted by Crippen LogP contribution is 2.29. The summed E-state index contributed by atoms with van der Waals surface area (Å²) >= 11 is 0. The minimum atomic E-state index is -0.645. The van der Waals surface area contributed by atoms with Gasteiger partial charge in [0.25, 0.3) is 5.91 Å². The van der Waals surface area contributed by atoms with Crippen molar-refractivity contribution in [1.82, 2.24) is 0 Å². The predicted octanol–water partition coefficient (Wildman–Crippen LogP) is 3.67. The van der Waals surface area contributed by atoms with Crippen LogP contribution < -0.4 is 19.5 Å². The van der Waals surface area contributed by atoms with Crippen LogP contribution in [0.2, 0.25) is 0 Å². The van der Waals surface area contributed by atoms with Crippen LogP contribution in [-0.4, -0.2) is 26.2 Å². The molecule has 0 fully saturated rings. The Balaban J connectivity index is 2.05. The van der Waals surface area contributed by atoms with E-state index in [1.54, 1.807) is 39.3 Å². The van der Waals surface area contributed by atoms with E-state index in [9.17, 15) is 4.79 Å². The van der Waals surface area contributed by atoms with Crippen molar-refractivity contribution >= 4 is 11.6 Å². The molecule has 0 saturated heterocycles. The van der Waals surface area contributed by atoms with Crippen LogP contribution in [0.25, 0.3) is 0 Å². The average Bonchev–Trinajstić information content (AvgIpc) is 2.62. The van der Waals surface area contributed by atoms with E-state index in [0.717, 1.165) is 6.42 Å². The molecule has 0 aliphatic heterocycles. The lowest BCUT2D eigenvalue weighted by Crippen LogP contribution is -2.30. The van der Waals surface area contributed by atoms with E-state index in [0.29, 0.717) is 22.9 Å². The van der Waals surface area contributed by atoms with E-state index in [4.69, 9.17) is 14.2 Å². The monoisotopic (exact) mass is 329 g/mol. The van der Waals surface area contributed by atoms with Crippen molar-refractivity contribution in [3.63, 3.8) is 0 Å². The zero-order valence-corrected chi connectivity index (χ0v) is 14.5. The van der Waals surface area contributed by atoms with Crippen LogP contribution in [0.3, 0.4) is 0 Å². The summed E-state index contributed by atoms with van der Waals surface area (Å²) in [6.07, 6.45) is 0.319. The standard InChI is InChI=1S/C19H23NO4/c1-5-14-6-8-15(9-7-14)24-13(2)19(21)20-17-12-16(22-3)10-11-18(17)23-4/h6-13H,5H2,1-4H3,(H,20,21)/t13-/m0/s1. The first-order valence-corrected chi connectivity index (χ1v) is 7.85. The number of benzene rings is 2. The molecule has 0 bridgehead atoms. The number of methoxy groups -OCH3 is 2. The Hall–Kier alpha value is -2.69. The number of amides is 1. The van der Waals surface area contributed by atoms with Crippen LogP contribution in [0, 0.1) is 0 Å². The lowest BCUT2D eigenvalue weighted by molar-refractivity contribution is -0.122. The predicted molar refractivity (Wildman–Crippen MR) is 94.1 cm³/mol. The summed E-state index contributed by atoms with van der Waals surface area (Å²) in [6, 6.07) is 12.9. The van der Waals surface area contributed by atoms with Gasteiger partial charge in [-0.05, 0) is 43.2 Å². The normalized spacial score (nSPS) is 11.5. The number of anilines is 1. The number of nitrogens with one attached hydrogen (secondary N) is 1. The quantitative estimate of drug-likeness (QED) is 0.842. The maximum absolute atomic E-state index is 12.4. The molecular weight excluding hydrogens is 306 g/mol. The van der Waals surface area contributed by atoms with E-state index in [2.05, 4.69) is 12.2 Å². The van der Waals surface area contributed by atoms with Gasteiger partial charge >= 0.3 is 0 Å². The third-order valence-electron chi connectivity index (χ3n) is 3.68. The molecule has 0 saturated carbocycles. The third kappa shape index (κ3) is 4.41. The van der Waals surface area contributed by atoms with Gasteiger partial charge in [-0.2, -0.15) is 0 Å². The molecule has 2 aromatic rings. The molecular formula is C19H23NO4. The highest BCUT2D eigenvalue weighted by molar-refractivity contribution is 5.95. The SMILES string of the molecule is CCc1ccc(O[C@@H](C)C(=O)Nc2cc(OC)ccc2OC)cc1. The summed E-state index contributed by atoms with van der Waals surface area (Å²) in [5.74, 6) is 1.59. The molecule has 1 N–H and O–H groups in total.